The van der Waals surface area contributed by atoms with Crippen molar-refractivity contribution in [1.82, 2.24) is 5.32 Å². The van der Waals surface area contributed by atoms with Gasteiger partial charge >= 0.3 is 0 Å². The molecule has 0 saturated heterocycles. The summed E-state index contributed by atoms with van der Waals surface area (Å²) >= 11 is 0. The minimum absolute atomic E-state index is 1.04. The average Bonchev–Trinajstić information content (AvgIpc) is 2.27. The maximum absolute atomic E-state index is 3.18. The molecule has 1 rings (SSSR count). The highest BCUT2D eigenvalue weighted by Gasteiger charge is 2.01. The van der Waals surface area contributed by atoms with Crippen LogP contribution in [0.15, 0.2) is 24.3 Å². The second-order valence-corrected chi connectivity index (χ2v) is 3.97. The van der Waals surface area contributed by atoms with Crippen LogP contribution < -0.4 is 5.32 Å². The number of aryl methyl sites for hydroxylation is 1. The van der Waals surface area contributed by atoms with Crippen molar-refractivity contribution in [3.05, 3.63) is 41.0 Å². The van der Waals surface area contributed by atoms with Crippen LogP contribution in [-0.2, 0) is 6.42 Å². The number of allylic oxidation sites excluding steroid dienone is 2. The van der Waals surface area contributed by atoms with Crippen LogP contribution >= 0.6 is 0 Å². The molecule has 0 saturated carbocycles. The molecule has 0 unspecified atom stereocenters. The zero-order valence-corrected chi connectivity index (χ0v) is 10.2. The third-order valence-electron chi connectivity index (χ3n) is 2.82. The molecule has 1 aromatic rings. The van der Waals surface area contributed by atoms with Crippen molar-refractivity contribution in [3.63, 3.8) is 0 Å². The molecule has 1 nitrogen and oxygen atoms in total. The van der Waals surface area contributed by atoms with Crippen LogP contribution in [0, 0.1) is 6.92 Å². The Labute approximate surface area is 93.2 Å². The fourth-order valence-electron chi connectivity index (χ4n) is 1.67. The Kier molecular flexibility index (Phi) is 4.57. The predicted molar refractivity (Wildman–Crippen MR) is 68.1 cm³/mol. The molecule has 15 heavy (non-hydrogen) atoms. The van der Waals surface area contributed by atoms with Gasteiger partial charge in [-0.05, 0) is 63.0 Å². The smallest absolute Gasteiger partial charge is 0.00114 e. The highest BCUT2D eigenvalue weighted by atomic mass is 14.8. The molecule has 0 aliphatic heterocycles. The number of hydrogen-bond acceptors (Lipinski definition) is 1. The summed E-state index contributed by atoms with van der Waals surface area (Å²) < 4.78 is 0. The molecule has 0 fully saturated rings. The lowest BCUT2D eigenvalue weighted by atomic mass is 9.98. The van der Waals surface area contributed by atoms with Gasteiger partial charge in [-0.15, -0.1) is 0 Å². The summed E-state index contributed by atoms with van der Waals surface area (Å²) in [5.41, 5.74) is 5.51. The minimum atomic E-state index is 1.04. The van der Waals surface area contributed by atoms with Gasteiger partial charge in [-0.3, -0.25) is 0 Å². The summed E-state index contributed by atoms with van der Waals surface area (Å²) in [4.78, 5) is 0. The molecule has 82 valence electrons. The van der Waals surface area contributed by atoms with E-state index in [0.29, 0.717) is 0 Å². The van der Waals surface area contributed by atoms with Crippen LogP contribution in [0.5, 0.6) is 0 Å². The maximum atomic E-state index is 3.18. The van der Waals surface area contributed by atoms with Gasteiger partial charge in [-0.1, -0.05) is 24.3 Å². The SMILES string of the molecule is CC=C(C)c1cc(CCNC)ccc1C. The molecule has 0 bridgehead atoms. The molecular weight excluding hydrogens is 182 g/mol. The summed E-state index contributed by atoms with van der Waals surface area (Å²) in [6.07, 6.45) is 3.27. The molecule has 0 aromatic heterocycles. The van der Waals surface area contributed by atoms with Crippen molar-refractivity contribution < 1.29 is 0 Å². The van der Waals surface area contributed by atoms with Crippen molar-refractivity contribution in [3.8, 4) is 0 Å². The first kappa shape index (κ1) is 12.0. The summed E-state index contributed by atoms with van der Waals surface area (Å²) in [6.45, 7) is 7.47. The molecule has 0 spiro atoms. The van der Waals surface area contributed by atoms with Gasteiger partial charge in [-0.25, -0.2) is 0 Å². The number of benzene rings is 1. The quantitative estimate of drug-likeness (QED) is 0.792. The molecule has 0 radical (unpaired) electrons. The van der Waals surface area contributed by atoms with Crippen molar-refractivity contribution in [2.24, 2.45) is 0 Å². The second-order valence-electron chi connectivity index (χ2n) is 3.97. The van der Waals surface area contributed by atoms with Crippen LogP contribution in [0.4, 0.5) is 0 Å². The first-order valence-corrected chi connectivity index (χ1v) is 5.56. The van der Waals surface area contributed by atoms with E-state index in [1.165, 1.54) is 22.3 Å². The predicted octanol–water partition coefficient (Wildman–Crippen LogP) is 3.18. The average molecular weight is 203 g/mol. The van der Waals surface area contributed by atoms with E-state index in [4.69, 9.17) is 0 Å². The van der Waals surface area contributed by atoms with Gasteiger partial charge in [0.2, 0.25) is 0 Å². The van der Waals surface area contributed by atoms with Crippen LogP contribution in [0.25, 0.3) is 5.57 Å². The third kappa shape index (κ3) is 3.21. The van der Waals surface area contributed by atoms with E-state index in [0.717, 1.165) is 13.0 Å². The highest BCUT2D eigenvalue weighted by molar-refractivity contribution is 5.66. The van der Waals surface area contributed by atoms with E-state index in [1.54, 1.807) is 0 Å². The van der Waals surface area contributed by atoms with Gasteiger partial charge < -0.3 is 5.32 Å². The Bertz CT molecular complexity index is 350. The first-order chi connectivity index (χ1) is 7.19. The van der Waals surface area contributed by atoms with Crippen LogP contribution in [0.1, 0.15) is 30.5 Å². The number of likely N-dealkylation sites (N-methyl/N-ethyl adjacent to an activating group) is 1. The topological polar surface area (TPSA) is 12.0 Å². The Morgan fingerprint density at radius 2 is 2.13 bits per heavy atom. The minimum Gasteiger partial charge on any atom is -0.319 e. The number of nitrogens with one attached hydrogen (secondary N) is 1. The normalized spacial score (nSPS) is 11.9. The Morgan fingerprint density at radius 3 is 2.73 bits per heavy atom. The molecular formula is C14H21N. The monoisotopic (exact) mass is 203 g/mol. The Hall–Kier alpha value is -1.08. The van der Waals surface area contributed by atoms with Gasteiger partial charge in [-0.2, -0.15) is 0 Å². The zero-order chi connectivity index (χ0) is 11.3. The van der Waals surface area contributed by atoms with E-state index >= 15 is 0 Å². The largest absolute Gasteiger partial charge is 0.319 e. The molecule has 0 amide bonds. The van der Waals surface area contributed by atoms with Gasteiger partial charge in [0.15, 0.2) is 0 Å². The van der Waals surface area contributed by atoms with Crippen LogP contribution in [-0.4, -0.2) is 13.6 Å². The standard InChI is InChI=1S/C14H21N/c1-5-11(2)14-10-13(8-9-15-4)7-6-12(14)3/h5-7,10,15H,8-9H2,1-4H3. The molecule has 0 atom stereocenters. The third-order valence-corrected chi connectivity index (χ3v) is 2.82. The van der Waals surface area contributed by atoms with Gasteiger partial charge in [0, 0.05) is 0 Å². The second kappa shape index (κ2) is 5.72. The number of hydrogen-bond donors (Lipinski definition) is 1. The summed E-state index contributed by atoms with van der Waals surface area (Å²) in [5, 5.41) is 3.18. The molecule has 1 N–H and O–H groups in total. The van der Waals surface area contributed by atoms with E-state index in [1.807, 2.05) is 7.05 Å². The van der Waals surface area contributed by atoms with E-state index < -0.39 is 0 Å². The molecule has 0 heterocycles. The lowest BCUT2D eigenvalue weighted by Crippen LogP contribution is -2.10. The fourth-order valence-corrected chi connectivity index (χ4v) is 1.67. The van der Waals surface area contributed by atoms with E-state index in [9.17, 15) is 0 Å². The van der Waals surface area contributed by atoms with Crippen LogP contribution in [0.2, 0.25) is 0 Å². The van der Waals surface area contributed by atoms with Crippen molar-refractivity contribution in [1.29, 1.82) is 0 Å². The number of rotatable bonds is 4. The van der Waals surface area contributed by atoms with Crippen LogP contribution in [0.3, 0.4) is 0 Å². The Balaban J connectivity index is 2.95. The lowest BCUT2D eigenvalue weighted by molar-refractivity contribution is 0.791. The summed E-state index contributed by atoms with van der Waals surface area (Å²) in [5.74, 6) is 0. The first-order valence-electron chi connectivity index (χ1n) is 5.56. The summed E-state index contributed by atoms with van der Waals surface area (Å²) in [6, 6.07) is 6.74. The fraction of sp³-hybridized carbons (Fsp3) is 0.429. The van der Waals surface area contributed by atoms with E-state index in [-0.39, 0.29) is 0 Å². The maximum Gasteiger partial charge on any atom is -0.00114 e. The summed E-state index contributed by atoms with van der Waals surface area (Å²) in [7, 11) is 1.99. The van der Waals surface area contributed by atoms with E-state index in [2.05, 4.69) is 50.4 Å². The van der Waals surface area contributed by atoms with Crippen molar-refractivity contribution in [2.75, 3.05) is 13.6 Å². The van der Waals surface area contributed by atoms with Gasteiger partial charge in [0.05, 0.1) is 0 Å². The molecule has 0 aliphatic carbocycles. The molecule has 1 heteroatoms. The van der Waals surface area contributed by atoms with Crippen molar-refractivity contribution >= 4 is 5.57 Å². The lowest BCUT2D eigenvalue weighted by Gasteiger charge is -2.09. The Morgan fingerprint density at radius 1 is 1.40 bits per heavy atom. The van der Waals surface area contributed by atoms with Gasteiger partial charge in [0.1, 0.15) is 0 Å². The van der Waals surface area contributed by atoms with Crippen molar-refractivity contribution in [2.45, 2.75) is 27.2 Å². The molecule has 1 aromatic carbocycles. The highest BCUT2D eigenvalue weighted by Crippen LogP contribution is 2.20. The zero-order valence-electron chi connectivity index (χ0n) is 10.2. The molecule has 0 aliphatic rings. The van der Waals surface area contributed by atoms with Gasteiger partial charge in [0.25, 0.3) is 0 Å².